The highest BCUT2D eigenvalue weighted by atomic mass is 16.5. The van der Waals surface area contributed by atoms with Crippen molar-refractivity contribution in [1.29, 1.82) is 0 Å². The zero-order chi connectivity index (χ0) is 10.5. The molecular weight excluding hydrogens is 190 g/mol. The number of anilines is 1. The average molecular weight is 207 g/mol. The Kier molecular flexibility index (Phi) is 3.53. The zero-order valence-corrected chi connectivity index (χ0v) is 9.02. The highest BCUT2D eigenvalue weighted by Gasteiger charge is 2.15. The van der Waals surface area contributed by atoms with Gasteiger partial charge in [-0.3, -0.25) is 0 Å². The molecule has 82 valence electrons. The summed E-state index contributed by atoms with van der Waals surface area (Å²) in [6.07, 6.45) is 1.82. The predicted octanol–water partition coefficient (Wildman–Crippen LogP) is 0.506. The van der Waals surface area contributed by atoms with Gasteiger partial charge in [0.1, 0.15) is 5.82 Å². The van der Waals surface area contributed by atoms with Crippen molar-refractivity contribution in [2.75, 3.05) is 38.3 Å². The fourth-order valence-corrected chi connectivity index (χ4v) is 1.74. The number of likely N-dealkylation sites (N-methyl/N-ethyl adjacent to an activating group) is 1. The Bertz CT molecular complexity index is 285. The van der Waals surface area contributed by atoms with E-state index in [2.05, 4.69) is 22.2 Å². The molecule has 0 saturated carbocycles. The predicted molar refractivity (Wildman–Crippen MR) is 60.1 cm³/mol. The van der Waals surface area contributed by atoms with Crippen LogP contribution in [0.1, 0.15) is 0 Å². The van der Waals surface area contributed by atoms with Crippen LogP contribution < -0.4 is 10.2 Å². The second-order valence-corrected chi connectivity index (χ2v) is 3.79. The molecule has 15 heavy (non-hydrogen) atoms. The summed E-state index contributed by atoms with van der Waals surface area (Å²) in [5, 5.41) is 3.43. The van der Waals surface area contributed by atoms with Gasteiger partial charge >= 0.3 is 0 Å². The lowest BCUT2D eigenvalue weighted by atomic mass is 10.2. The van der Waals surface area contributed by atoms with E-state index in [0.29, 0.717) is 6.04 Å². The monoisotopic (exact) mass is 207 g/mol. The molecule has 1 aromatic rings. The van der Waals surface area contributed by atoms with E-state index in [1.54, 1.807) is 0 Å². The molecule has 1 atom stereocenters. The minimum absolute atomic E-state index is 0.408. The van der Waals surface area contributed by atoms with Gasteiger partial charge in [-0.15, -0.1) is 0 Å². The number of hydrogen-bond acceptors (Lipinski definition) is 4. The number of hydrogen-bond donors (Lipinski definition) is 1. The van der Waals surface area contributed by atoms with Crippen molar-refractivity contribution >= 4 is 5.82 Å². The Morgan fingerprint density at radius 1 is 1.60 bits per heavy atom. The molecule has 0 radical (unpaired) electrons. The molecule has 1 fully saturated rings. The number of nitrogens with zero attached hydrogens (tertiary/aromatic N) is 2. The third-order valence-electron chi connectivity index (χ3n) is 2.53. The summed E-state index contributed by atoms with van der Waals surface area (Å²) in [5.41, 5.74) is 0. The summed E-state index contributed by atoms with van der Waals surface area (Å²) in [6, 6.07) is 6.36. The van der Waals surface area contributed by atoms with Gasteiger partial charge in [0.05, 0.1) is 13.2 Å². The molecule has 1 aliphatic rings. The van der Waals surface area contributed by atoms with Gasteiger partial charge in [-0.25, -0.2) is 4.98 Å². The van der Waals surface area contributed by atoms with E-state index in [1.165, 1.54) is 0 Å². The molecule has 1 saturated heterocycles. The van der Waals surface area contributed by atoms with Gasteiger partial charge < -0.3 is 15.0 Å². The van der Waals surface area contributed by atoms with Gasteiger partial charge in [0, 0.05) is 32.4 Å². The molecule has 0 bridgehead atoms. The van der Waals surface area contributed by atoms with Crippen molar-refractivity contribution in [2.24, 2.45) is 0 Å². The first-order chi connectivity index (χ1) is 7.36. The van der Waals surface area contributed by atoms with E-state index < -0.39 is 0 Å². The lowest BCUT2D eigenvalue weighted by molar-refractivity contribution is 0.0790. The van der Waals surface area contributed by atoms with Crippen molar-refractivity contribution in [3.63, 3.8) is 0 Å². The highest BCUT2D eigenvalue weighted by molar-refractivity contribution is 5.36. The van der Waals surface area contributed by atoms with Crippen LogP contribution in [0.3, 0.4) is 0 Å². The molecule has 0 spiro atoms. The fraction of sp³-hybridized carbons (Fsp3) is 0.545. The van der Waals surface area contributed by atoms with Crippen LogP contribution >= 0.6 is 0 Å². The molecule has 4 heteroatoms. The standard InChI is InChI=1S/C11H17N3O/c1-14(11-4-2-3-5-13-11)8-10-9-15-7-6-12-10/h2-5,10,12H,6-9H2,1H3. The molecule has 4 nitrogen and oxygen atoms in total. The minimum Gasteiger partial charge on any atom is -0.378 e. The number of morpholine rings is 1. The number of rotatable bonds is 3. The van der Waals surface area contributed by atoms with Gasteiger partial charge in [0.25, 0.3) is 0 Å². The van der Waals surface area contributed by atoms with Gasteiger partial charge in [0.15, 0.2) is 0 Å². The zero-order valence-electron chi connectivity index (χ0n) is 9.02. The number of ether oxygens (including phenoxy) is 1. The Hall–Kier alpha value is -1.13. The number of aromatic nitrogens is 1. The minimum atomic E-state index is 0.408. The van der Waals surface area contributed by atoms with Crippen LogP contribution in [0.5, 0.6) is 0 Å². The Labute approximate surface area is 90.3 Å². The molecule has 2 rings (SSSR count). The molecule has 2 heterocycles. The van der Waals surface area contributed by atoms with E-state index in [0.717, 1.165) is 32.1 Å². The van der Waals surface area contributed by atoms with E-state index >= 15 is 0 Å². The van der Waals surface area contributed by atoms with Gasteiger partial charge in [0.2, 0.25) is 0 Å². The Morgan fingerprint density at radius 3 is 3.20 bits per heavy atom. The molecule has 1 aromatic heterocycles. The normalized spacial score (nSPS) is 21.3. The van der Waals surface area contributed by atoms with Crippen molar-refractivity contribution in [3.8, 4) is 0 Å². The molecule has 1 aliphatic heterocycles. The van der Waals surface area contributed by atoms with E-state index in [4.69, 9.17) is 4.74 Å². The van der Waals surface area contributed by atoms with Crippen molar-refractivity contribution in [3.05, 3.63) is 24.4 Å². The van der Waals surface area contributed by atoms with Gasteiger partial charge in [-0.05, 0) is 12.1 Å². The van der Waals surface area contributed by atoms with Crippen LogP contribution in [0.4, 0.5) is 5.82 Å². The van der Waals surface area contributed by atoms with Crippen molar-refractivity contribution in [1.82, 2.24) is 10.3 Å². The Morgan fingerprint density at radius 2 is 2.53 bits per heavy atom. The van der Waals surface area contributed by atoms with Crippen molar-refractivity contribution in [2.45, 2.75) is 6.04 Å². The number of pyridine rings is 1. The van der Waals surface area contributed by atoms with Crippen molar-refractivity contribution < 1.29 is 4.74 Å². The van der Waals surface area contributed by atoms with Crippen LogP contribution in [0.15, 0.2) is 24.4 Å². The maximum Gasteiger partial charge on any atom is 0.128 e. The molecule has 0 aromatic carbocycles. The maximum absolute atomic E-state index is 5.41. The van der Waals surface area contributed by atoms with E-state index in [1.807, 2.05) is 24.4 Å². The average Bonchev–Trinajstić information content (AvgIpc) is 2.31. The summed E-state index contributed by atoms with van der Waals surface area (Å²) in [5.74, 6) is 1.00. The summed E-state index contributed by atoms with van der Waals surface area (Å²) >= 11 is 0. The van der Waals surface area contributed by atoms with Gasteiger partial charge in [-0.1, -0.05) is 6.07 Å². The first kappa shape index (κ1) is 10.4. The van der Waals surface area contributed by atoms with Crippen LogP contribution in [0.25, 0.3) is 0 Å². The Balaban J connectivity index is 1.88. The molecule has 0 amide bonds. The summed E-state index contributed by atoms with van der Waals surface area (Å²) < 4.78 is 5.41. The first-order valence-corrected chi connectivity index (χ1v) is 5.29. The quantitative estimate of drug-likeness (QED) is 0.783. The van der Waals surface area contributed by atoms with E-state index in [-0.39, 0.29) is 0 Å². The highest BCUT2D eigenvalue weighted by Crippen LogP contribution is 2.07. The lowest BCUT2D eigenvalue weighted by Gasteiger charge is -2.28. The van der Waals surface area contributed by atoms with Gasteiger partial charge in [-0.2, -0.15) is 0 Å². The second-order valence-electron chi connectivity index (χ2n) is 3.79. The topological polar surface area (TPSA) is 37.4 Å². The summed E-state index contributed by atoms with van der Waals surface area (Å²) in [6.45, 7) is 3.48. The first-order valence-electron chi connectivity index (χ1n) is 5.29. The maximum atomic E-state index is 5.41. The van der Waals surface area contributed by atoms with Crippen LogP contribution in [0.2, 0.25) is 0 Å². The molecule has 1 unspecified atom stereocenters. The van der Waals surface area contributed by atoms with Crippen LogP contribution in [0, 0.1) is 0 Å². The van der Waals surface area contributed by atoms with Crippen LogP contribution in [-0.2, 0) is 4.74 Å². The van der Waals surface area contributed by atoms with Crippen LogP contribution in [-0.4, -0.2) is 44.4 Å². The largest absolute Gasteiger partial charge is 0.378 e. The third kappa shape index (κ3) is 2.91. The molecule has 0 aliphatic carbocycles. The number of nitrogens with one attached hydrogen (secondary N) is 1. The molecular formula is C11H17N3O. The second kappa shape index (κ2) is 5.09. The molecule has 1 N–H and O–H groups in total. The smallest absolute Gasteiger partial charge is 0.128 e. The lowest BCUT2D eigenvalue weighted by Crippen LogP contribution is -2.47. The third-order valence-corrected chi connectivity index (χ3v) is 2.53. The summed E-state index contributed by atoms with van der Waals surface area (Å²) in [4.78, 5) is 6.45. The summed E-state index contributed by atoms with van der Waals surface area (Å²) in [7, 11) is 2.05. The fourth-order valence-electron chi connectivity index (χ4n) is 1.74. The van der Waals surface area contributed by atoms with E-state index in [9.17, 15) is 0 Å². The SMILES string of the molecule is CN(CC1COCCN1)c1ccccn1.